The molecular formula is C21H18N2O3S. The fraction of sp³-hybridized carbons (Fsp3) is 0.190. The van der Waals surface area contributed by atoms with E-state index in [-0.39, 0.29) is 17.5 Å². The number of para-hydroxylation sites is 1. The third kappa shape index (κ3) is 2.86. The molecule has 0 unspecified atom stereocenters. The molecule has 0 amide bonds. The predicted molar refractivity (Wildman–Crippen MR) is 105 cm³/mol. The molecule has 4 aromatic rings. The van der Waals surface area contributed by atoms with Gasteiger partial charge in [0.2, 0.25) is 0 Å². The van der Waals surface area contributed by atoms with Crippen molar-refractivity contribution in [2.75, 3.05) is 11.5 Å². The lowest BCUT2D eigenvalue weighted by atomic mass is 10.1. The van der Waals surface area contributed by atoms with Gasteiger partial charge >= 0.3 is 0 Å². The Hall–Kier alpha value is -2.86. The predicted octanol–water partition coefficient (Wildman–Crippen LogP) is 4.32. The van der Waals surface area contributed by atoms with Crippen LogP contribution in [0.2, 0.25) is 0 Å². The first-order chi connectivity index (χ1) is 13.1. The van der Waals surface area contributed by atoms with Crippen LogP contribution in [0.5, 0.6) is 0 Å². The van der Waals surface area contributed by atoms with Crippen LogP contribution in [0.25, 0.3) is 33.7 Å². The fourth-order valence-electron chi connectivity index (χ4n) is 3.78. The highest BCUT2D eigenvalue weighted by atomic mass is 32.2. The van der Waals surface area contributed by atoms with Crippen molar-refractivity contribution in [2.24, 2.45) is 0 Å². The summed E-state index contributed by atoms with van der Waals surface area (Å²) < 4.78 is 32.1. The maximum atomic E-state index is 12.0. The van der Waals surface area contributed by atoms with E-state index in [1.54, 1.807) is 6.33 Å². The molecule has 5 rings (SSSR count). The molecule has 1 saturated heterocycles. The average Bonchev–Trinajstić information content (AvgIpc) is 3.37. The molecule has 2 aromatic heterocycles. The minimum absolute atomic E-state index is 0.122. The first-order valence-electron chi connectivity index (χ1n) is 8.92. The van der Waals surface area contributed by atoms with E-state index in [4.69, 9.17) is 4.42 Å². The van der Waals surface area contributed by atoms with Gasteiger partial charge in [0, 0.05) is 10.9 Å². The Morgan fingerprint density at radius 2 is 1.81 bits per heavy atom. The largest absolute Gasteiger partial charge is 0.454 e. The number of furan rings is 1. The standard InChI is InChI=1S/C21H18N2O3S/c24-27(25)11-10-17(13-27)23-14-22-20(15-6-2-1-3-7-15)21(23)19-12-16-8-4-5-9-18(16)26-19/h1-9,12,14,17H,10-11,13H2/t17-/m0/s1. The molecule has 5 nitrogen and oxygen atoms in total. The molecule has 0 saturated carbocycles. The van der Waals surface area contributed by atoms with E-state index in [9.17, 15) is 8.42 Å². The van der Waals surface area contributed by atoms with E-state index >= 15 is 0 Å². The van der Waals surface area contributed by atoms with Gasteiger partial charge in [-0.2, -0.15) is 0 Å². The third-order valence-corrected chi connectivity index (χ3v) is 6.85. The number of sulfone groups is 1. The summed E-state index contributed by atoms with van der Waals surface area (Å²) in [6.45, 7) is 0. The van der Waals surface area contributed by atoms with E-state index in [0.29, 0.717) is 12.2 Å². The Kier molecular flexibility index (Phi) is 3.68. The summed E-state index contributed by atoms with van der Waals surface area (Å²) in [5, 5.41) is 1.01. The van der Waals surface area contributed by atoms with Crippen molar-refractivity contribution < 1.29 is 12.8 Å². The Morgan fingerprint density at radius 1 is 1.04 bits per heavy atom. The molecule has 2 aromatic carbocycles. The number of rotatable bonds is 3. The minimum Gasteiger partial charge on any atom is -0.454 e. The molecule has 0 aliphatic carbocycles. The monoisotopic (exact) mass is 378 g/mol. The van der Waals surface area contributed by atoms with Crippen molar-refractivity contribution in [1.82, 2.24) is 9.55 Å². The highest BCUT2D eigenvalue weighted by Gasteiger charge is 2.32. The number of aromatic nitrogens is 2. The Labute approximate surface area is 157 Å². The highest BCUT2D eigenvalue weighted by molar-refractivity contribution is 7.91. The number of hydrogen-bond acceptors (Lipinski definition) is 4. The summed E-state index contributed by atoms with van der Waals surface area (Å²) in [5.41, 5.74) is 3.42. The van der Waals surface area contributed by atoms with Crippen molar-refractivity contribution in [3.05, 3.63) is 67.0 Å². The van der Waals surface area contributed by atoms with Gasteiger partial charge in [0.1, 0.15) is 11.3 Å². The van der Waals surface area contributed by atoms with Gasteiger partial charge in [-0.15, -0.1) is 0 Å². The van der Waals surface area contributed by atoms with Crippen molar-refractivity contribution in [3.8, 4) is 22.7 Å². The minimum atomic E-state index is -3.00. The van der Waals surface area contributed by atoms with E-state index in [2.05, 4.69) is 4.98 Å². The molecule has 1 aliphatic heterocycles. The van der Waals surface area contributed by atoms with E-state index < -0.39 is 9.84 Å². The zero-order valence-electron chi connectivity index (χ0n) is 14.6. The molecule has 1 atom stereocenters. The normalized spacial score (nSPS) is 18.9. The summed E-state index contributed by atoms with van der Waals surface area (Å²) in [6.07, 6.45) is 2.34. The van der Waals surface area contributed by atoms with Crippen LogP contribution in [-0.4, -0.2) is 29.5 Å². The summed E-state index contributed by atoms with van der Waals surface area (Å²) in [4.78, 5) is 4.63. The van der Waals surface area contributed by atoms with Gasteiger partial charge in [0.25, 0.3) is 0 Å². The summed E-state index contributed by atoms with van der Waals surface area (Å²) in [7, 11) is -3.00. The lowest BCUT2D eigenvalue weighted by Gasteiger charge is -2.14. The van der Waals surface area contributed by atoms with Crippen LogP contribution >= 0.6 is 0 Å². The lowest BCUT2D eigenvalue weighted by molar-refractivity contribution is 0.546. The third-order valence-electron chi connectivity index (χ3n) is 5.10. The first kappa shape index (κ1) is 16.3. The number of fused-ring (bicyclic) bond motifs is 1. The van der Waals surface area contributed by atoms with Crippen LogP contribution < -0.4 is 0 Å². The molecule has 0 bridgehead atoms. The Balaban J connectivity index is 1.72. The second-order valence-electron chi connectivity index (χ2n) is 6.92. The highest BCUT2D eigenvalue weighted by Crippen LogP contribution is 2.38. The van der Waals surface area contributed by atoms with Gasteiger partial charge in [0.05, 0.1) is 29.6 Å². The van der Waals surface area contributed by atoms with Crippen LogP contribution in [-0.2, 0) is 9.84 Å². The molecule has 27 heavy (non-hydrogen) atoms. The molecular weight excluding hydrogens is 360 g/mol. The van der Waals surface area contributed by atoms with Crippen LogP contribution in [0.15, 0.2) is 71.4 Å². The number of hydrogen-bond donors (Lipinski definition) is 0. The molecule has 0 radical (unpaired) electrons. The summed E-state index contributed by atoms with van der Waals surface area (Å²) >= 11 is 0. The van der Waals surface area contributed by atoms with E-state index in [0.717, 1.165) is 27.9 Å². The van der Waals surface area contributed by atoms with Gasteiger partial charge in [-0.05, 0) is 18.6 Å². The quantitative estimate of drug-likeness (QED) is 0.532. The van der Waals surface area contributed by atoms with Gasteiger partial charge < -0.3 is 8.98 Å². The van der Waals surface area contributed by atoms with Crippen LogP contribution in [0.1, 0.15) is 12.5 Å². The molecule has 1 aliphatic rings. The van der Waals surface area contributed by atoms with Gasteiger partial charge in [-0.1, -0.05) is 48.5 Å². The summed E-state index contributed by atoms with van der Waals surface area (Å²) in [6, 6.07) is 19.6. The average molecular weight is 378 g/mol. The molecule has 6 heteroatoms. The Morgan fingerprint density at radius 3 is 2.56 bits per heavy atom. The van der Waals surface area contributed by atoms with Crippen LogP contribution in [0.4, 0.5) is 0 Å². The number of benzene rings is 2. The molecule has 0 N–H and O–H groups in total. The van der Waals surface area contributed by atoms with Crippen molar-refractivity contribution in [1.29, 1.82) is 0 Å². The lowest BCUT2D eigenvalue weighted by Crippen LogP contribution is -2.11. The maximum absolute atomic E-state index is 12.0. The number of nitrogens with zero attached hydrogens (tertiary/aromatic N) is 2. The van der Waals surface area contributed by atoms with Crippen LogP contribution in [0.3, 0.4) is 0 Å². The number of imidazole rings is 1. The SMILES string of the molecule is O=S1(=O)CC[C@H](n2cnc(-c3ccccc3)c2-c2cc3ccccc3o2)C1. The molecule has 136 valence electrons. The fourth-order valence-corrected chi connectivity index (χ4v) is 5.49. The second-order valence-corrected chi connectivity index (χ2v) is 9.15. The first-order valence-corrected chi connectivity index (χ1v) is 10.7. The zero-order valence-corrected chi connectivity index (χ0v) is 15.4. The van der Waals surface area contributed by atoms with Gasteiger partial charge in [0.15, 0.2) is 15.6 Å². The Bertz CT molecular complexity index is 1190. The van der Waals surface area contributed by atoms with Crippen molar-refractivity contribution in [2.45, 2.75) is 12.5 Å². The molecule has 0 spiro atoms. The zero-order chi connectivity index (χ0) is 18.4. The van der Waals surface area contributed by atoms with Gasteiger partial charge in [-0.25, -0.2) is 13.4 Å². The second kappa shape index (κ2) is 6.09. The summed E-state index contributed by atoms with van der Waals surface area (Å²) in [5.74, 6) is 1.07. The van der Waals surface area contributed by atoms with E-state index in [1.165, 1.54) is 0 Å². The molecule has 3 heterocycles. The van der Waals surface area contributed by atoms with E-state index in [1.807, 2.05) is 65.2 Å². The van der Waals surface area contributed by atoms with Crippen LogP contribution in [0, 0.1) is 0 Å². The molecule has 1 fully saturated rings. The maximum Gasteiger partial charge on any atom is 0.154 e. The van der Waals surface area contributed by atoms with Crippen molar-refractivity contribution >= 4 is 20.8 Å². The smallest absolute Gasteiger partial charge is 0.154 e. The van der Waals surface area contributed by atoms with Crippen molar-refractivity contribution in [3.63, 3.8) is 0 Å². The topological polar surface area (TPSA) is 65.1 Å². The van der Waals surface area contributed by atoms with Gasteiger partial charge in [-0.3, -0.25) is 0 Å².